The lowest BCUT2D eigenvalue weighted by Crippen LogP contribution is -2.37. The van der Waals surface area contributed by atoms with Crippen molar-refractivity contribution < 1.29 is 19.1 Å². The van der Waals surface area contributed by atoms with Gasteiger partial charge in [-0.2, -0.15) is 0 Å². The van der Waals surface area contributed by atoms with Crippen molar-refractivity contribution in [2.24, 2.45) is 0 Å². The van der Waals surface area contributed by atoms with Gasteiger partial charge in [0.2, 0.25) is 5.89 Å². The summed E-state index contributed by atoms with van der Waals surface area (Å²) in [6.07, 6.45) is 16.1. The van der Waals surface area contributed by atoms with Gasteiger partial charge < -0.3 is 19.6 Å². The Morgan fingerprint density at radius 1 is 1.10 bits per heavy atom. The maximum absolute atomic E-state index is 11.2. The minimum atomic E-state index is -1.04. The standard InChI is InChI=1S/C16H14ClNO3.C16H30N2O/c17-11-4-1-3-10(9-11)15-12(14-5-2-8-21-14)6-7-13(18-15)16(19)20;1-4-5-6-7-8-9-10-11-12-18-16(2,3)15-17-13-14-19-15/h1,3-4,6-7,9,14H,2,5,8H2,(H,19,20);13-14,18H,4-12H2,1-3H3. The summed E-state index contributed by atoms with van der Waals surface area (Å²) in [5, 5.41) is 13.3. The van der Waals surface area contributed by atoms with Crippen LogP contribution in [0.25, 0.3) is 11.3 Å². The van der Waals surface area contributed by atoms with Crippen LogP contribution in [0, 0.1) is 0 Å². The number of oxazole rings is 1. The third-order valence-corrected chi connectivity index (χ3v) is 7.32. The van der Waals surface area contributed by atoms with Crippen molar-refractivity contribution >= 4 is 17.6 Å². The zero-order valence-electron chi connectivity index (χ0n) is 24.1. The molecule has 1 atom stereocenters. The highest BCUT2D eigenvalue weighted by Crippen LogP contribution is 2.35. The van der Waals surface area contributed by atoms with Gasteiger partial charge in [0, 0.05) is 22.8 Å². The third-order valence-electron chi connectivity index (χ3n) is 7.08. The molecule has 1 aromatic carbocycles. The summed E-state index contributed by atoms with van der Waals surface area (Å²) in [5.41, 5.74) is 2.21. The van der Waals surface area contributed by atoms with Crippen LogP contribution in [0.3, 0.4) is 0 Å². The molecule has 0 saturated carbocycles. The molecule has 3 heterocycles. The Morgan fingerprint density at radius 2 is 1.85 bits per heavy atom. The van der Waals surface area contributed by atoms with Crippen molar-refractivity contribution in [1.29, 1.82) is 0 Å². The van der Waals surface area contributed by atoms with Crippen molar-refractivity contribution in [3.8, 4) is 11.3 Å². The van der Waals surface area contributed by atoms with Crippen LogP contribution in [0.5, 0.6) is 0 Å². The number of unbranched alkanes of at least 4 members (excludes halogenated alkanes) is 7. The molecule has 1 aliphatic heterocycles. The molecule has 0 bridgehead atoms. The maximum atomic E-state index is 11.2. The minimum Gasteiger partial charge on any atom is -0.477 e. The second-order valence-corrected chi connectivity index (χ2v) is 11.3. The number of pyridine rings is 1. The SMILES string of the molecule is CCCCCCCCCCNC(C)(C)c1ncco1.O=C(O)c1ccc(C2CCCO2)c(-c2cccc(Cl)c2)n1. The quantitative estimate of drug-likeness (QED) is 0.187. The second-order valence-electron chi connectivity index (χ2n) is 10.8. The molecule has 2 aromatic heterocycles. The van der Waals surface area contributed by atoms with Crippen molar-refractivity contribution in [3.05, 3.63) is 71.0 Å². The largest absolute Gasteiger partial charge is 0.477 e. The van der Waals surface area contributed by atoms with Gasteiger partial charge >= 0.3 is 5.97 Å². The molecular weight excluding hydrogens is 526 g/mol. The Bertz CT molecular complexity index is 1160. The minimum absolute atomic E-state index is 0.0201. The first-order chi connectivity index (χ1) is 19.3. The number of hydrogen-bond acceptors (Lipinski definition) is 6. The van der Waals surface area contributed by atoms with E-state index >= 15 is 0 Å². The van der Waals surface area contributed by atoms with Crippen molar-refractivity contribution in [2.45, 2.75) is 96.6 Å². The number of halogens is 1. The van der Waals surface area contributed by atoms with E-state index < -0.39 is 5.97 Å². The van der Waals surface area contributed by atoms with Crippen molar-refractivity contribution in [3.63, 3.8) is 0 Å². The van der Waals surface area contributed by atoms with E-state index in [0.29, 0.717) is 10.7 Å². The molecule has 1 aliphatic rings. The van der Waals surface area contributed by atoms with E-state index in [1.165, 1.54) is 57.4 Å². The number of carbonyl (C=O) groups is 1. The Kier molecular flexibility index (Phi) is 13.1. The molecular formula is C32H44ClN3O4. The number of ether oxygens (including phenoxy) is 1. The summed E-state index contributed by atoms with van der Waals surface area (Å²) in [6.45, 7) is 8.25. The molecule has 40 heavy (non-hydrogen) atoms. The van der Waals surface area contributed by atoms with Crippen LogP contribution in [0.15, 0.2) is 53.3 Å². The van der Waals surface area contributed by atoms with E-state index in [9.17, 15) is 4.79 Å². The first kappa shape index (κ1) is 31.8. The summed E-state index contributed by atoms with van der Waals surface area (Å²) in [7, 11) is 0. The molecule has 8 heteroatoms. The van der Waals surface area contributed by atoms with Gasteiger partial charge in [0.1, 0.15) is 12.0 Å². The van der Waals surface area contributed by atoms with E-state index in [1.54, 1.807) is 30.7 Å². The van der Waals surface area contributed by atoms with Crippen LogP contribution in [0.4, 0.5) is 0 Å². The van der Waals surface area contributed by atoms with Gasteiger partial charge in [-0.15, -0.1) is 0 Å². The van der Waals surface area contributed by atoms with Gasteiger partial charge in [0.25, 0.3) is 0 Å². The molecule has 218 valence electrons. The van der Waals surface area contributed by atoms with Gasteiger partial charge in [0.15, 0.2) is 0 Å². The molecule has 0 amide bonds. The lowest BCUT2D eigenvalue weighted by molar-refractivity contribution is 0.0690. The molecule has 7 nitrogen and oxygen atoms in total. The first-order valence-corrected chi connectivity index (χ1v) is 15.0. The number of benzene rings is 1. The van der Waals surface area contributed by atoms with E-state index in [4.69, 9.17) is 25.9 Å². The lowest BCUT2D eigenvalue weighted by atomic mass is 9.99. The van der Waals surface area contributed by atoms with Gasteiger partial charge in [-0.05, 0) is 57.9 Å². The predicted octanol–water partition coefficient (Wildman–Crippen LogP) is 8.59. The van der Waals surface area contributed by atoms with Crippen molar-refractivity contribution in [1.82, 2.24) is 15.3 Å². The van der Waals surface area contributed by atoms with Crippen LogP contribution in [-0.2, 0) is 10.3 Å². The Balaban J connectivity index is 0.000000222. The Morgan fingerprint density at radius 3 is 2.48 bits per heavy atom. The van der Waals surface area contributed by atoms with Crippen LogP contribution in [-0.4, -0.2) is 34.2 Å². The second kappa shape index (κ2) is 16.5. The molecule has 3 aromatic rings. The number of rotatable bonds is 14. The van der Waals surface area contributed by atoms with E-state index in [1.807, 2.05) is 12.1 Å². The molecule has 4 rings (SSSR count). The zero-order valence-corrected chi connectivity index (χ0v) is 24.9. The van der Waals surface area contributed by atoms with Crippen LogP contribution < -0.4 is 5.32 Å². The Hall–Kier alpha value is -2.74. The van der Waals surface area contributed by atoms with Gasteiger partial charge in [-0.1, -0.05) is 81.7 Å². The van der Waals surface area contributed by atoms with Crippen molar-refractivity contribution in [2.75, 3.05) is 13.2 Å². The average molecular weight is 570 g/mol. The average Bonchev–Trinajstić information content (AvgIpc) is 3.68. The lowest BCUT2D eigenvalue weighted by Gasteiger charge is -2.22. The molecule has 1 saturated heterocycles. The molecule has 0 radical (unpaired) electrons. The summed E-state index contributed by atoms with van der Waals surface area (Å²) >= 11 is 6.03. The number of aromatic carboxylic acids is 1. The van der Waals surface area contributed by atoms with E-state index in [2.05, 4.69) is 36.1 Å². The molecule has 2 N–H and O–H groups in total. The topological polar surface area (TPSA) is 97.5 Å². The fourth-order valence-corrected chi connectivity index (χ4v) is 5.00. The Labute approximate surface area is 243 Å². The fraction of sp³-hybridized carbons (Fsp3) is 0.531. The molecule has 1 unspecified atom stereocenters. The number of nitrogens with zero attached hydrogens (tertiary/aromatic N) is 2. The molecule has 0 aliphatic carbocycles. The summed E-state index contributed by atoms with van der Waals surface area (Å²) < 4.78 is 11.1. The smallest absolute Gasteiger partial charge is 0.354 e. The third kappa shape index (κ3) is 10.0. The predicted molar refractivity (Wildman–Crippen MR) is 160 cm³/mol. The van der Waals surface area contributed by atoms with Gasteiger partial charge in [0.05, 0.1) is 23.5 Å². The van der Waals surface area contributed by atoms with Crippen LogP contribution in [0.2, 0.25) is 5.02 Å². The number of hydrogen-bond donors (Lipinski definition) is 2. The summed E-state index contributed by atoms with van der Waals surface area (Å²) in [4.78, 5) is 19.7. The maximum Gasteiger partial charge on any atom is 0.354 e. The number of nitrogens with one attached hydrogen (secondary N) is 1. The monoisotopic (exact) mass is 569 g/mol. The molecule has 0 spiro atoms. The van der Waals surface area contributed by atoms with Gasteiger partial charge in [-0.25, -0.2) is 14.8 Å². The van der Waals surface area contributed by atoms with Crippen LogP contribution >= 0.6 is 11.6 Å². The zero-order chi connectivity index (χ0) is 28.8. The highest BCUT2D eigenvalue weighted by molar-refractivity contribution is 6.30. The summed E-state index contributed by atoms with van der Waals surface area (Å²) in [5.74, 6) is -0.274. The van der Waals surface area contributed by atoms with Gasteiger partial charge in [-0.3, -0.25) is 0 Å². The highest BCUT2D eigenvalue weighted by Gasteiger charge is 2.24. The van der Waals surface area contributed by atoms with E-state index in [0.717, 1.165) is 43.0 Å². The highest BCUT2D eigenvalue weighted by atomic mass is 35.5. The number of aromatic nitrogens is 2. The first-order valence-electron chi connectivity index (χ1n) is 14.6. The van der Waals surface area contributed by atoms with Crippen LogP contribution in [0.1, 0.15) is 113 Å². The number of carboxylic acid groups (broad SMARTS) is 1. The number of carboxylic acids is 1. The normalized spacial score (nSPS) is 15.1. The van der Waals surface area contributed by atoms with E-state index in [-0.39, 0.29) is 17.3 Å². The summed E-state index contributed by atoms with van der Waals surface area (Å²) in [6, 6.07) is 10.6. The molecule has 1 fully saturated rings. The fourth-order valence-electron chi connectivity index (χ4n) is 4.81.